The molecule has 5 heteroatoms. The third-order valence-electron chi connectivity index (χ3n) is 9.62. The van der Waals surface area contributed by atoms with Crippen LogP contribution in [0, 0.1) is 29.2 Å². The number of rotatable bonds is 4. The third-order valence-corrected chi connectivity index (χ3v) is 9.62. The highest BCUT2D eigenvalue weighted by atomic mass is 15.0. The number of nitrogens with zero attached hydrogens (tertiary/aromatic N) is 5. The molecule has 0 radical (unpaired) electrons. The van der Waals surface area contributed by atoms with E-state index in [1.54, 1.807) is 0 Å². The lowest BCUT2D eigenvalue weighted by atomic mass is 9.92. The van der Waals surface area contributed by atoms with Crippen LogP contribution >= 0.6 is 0 Å². The van der Waals surface area contributed by atoms with Crippen molar-refractivity contribution in [2.45, 2.75) is 0 Å². The van der Waals surface area contributed by atoms with Crippen LogP contribution in [-0.2, 0) is 0 Å². The molecule has 0 aliphatic carbocycles. The summed E-state index contributed by atoms with van der Waals surface area (Å²) in [6.07, 6.45) is 0. The van der Waals surface area contributed by atoms with Crippen molar-refractivity contribution in [2.75, 3.05) is 0 Å². The highest BCUT2D eigenvalue weighted by molar-refractivity contribution is 6.11. The van der Waals surface area contributed by atoms with Crippen LogP contribution in [0.5, 0.6) is 0 Å². The van der Waals surface area contributed by atoms with Gasteiger partial charge in [-0.3, -0.25) is 0 Å². The molecule has 0 aliphatic heterocycles. The average Bonchev–Trinajstić information content (AvgIpc) is 3.69. The molecule has 0 spiro atoms. The first-order valence-electron chi connectivity index (χ1n) is 16.3. The first kappa shape index (κ1) is 28.8. The fourth-order valence-corrected chi connectivity index (χ4v) is 7.44. The molecule has 2 aromatic heterocycles. The Bertz CT molecular complexity index is 2970. The molecule has 0 saturated heterocycles. The number of nitriles is 2. The summed E-state index contributed by atoms with van der Waals surface area (Å²) in [5, 5.41) is 24.1. The van der Waals surface area contributed by atoms with Gasteiger partial charge in [0, 0.05) is 21.7 Å². The minimum Gasteiger partial charge on any atom is -0.309 e. The second-order valence-corrected chi connectivity index (χ2v) is 12.3. The Morgan fingerprint density at radius 1 is 0.460 bits per heavy atom. The van der Waals surface area contributed by atoms with Gasteiger partial charge in [0.25, 0.3) is 0 Å². The van der Waals surface area contributed by atoms with Crippen LogP contribution in [0.1, 0.15) is 11.1 Å². The average molecular weight is 636 g/mol. The monoisotopic (exact) mass is 635 g/mol. The Balaban J connectivity index is 1.28. The van der Waals surface area contributed by atoms with Crippen molar-refractivity contribution >= 4 is 49.3 Å². The minimum atomic E-state index is 0.558. The topological polar surface area (TPSA) is 61.8 Å². The normalized spacial score (nSPS) is 11.1. The Morgan fingerprint density at radius 2 is 1.04 bits per heavy atom. The lowest BCUT2D eigenvalue weighted by Gasteiger charge is -2.18. The van der Waals surface area contributed by atoms with E-state index < -0.39 is 0 Å². The van der Waals surface area contributed by atoms with E-state index in [4.69, 9.17) is 6.57 Å². The molecule has 7 aromatic carbocycles. The van der Waals surface area contributed by atoms with E-state index in [9.17, 15) is 10.5 Å². The summed E-state index contributed by atoms with van der Waals surface area (Å²) in [5.74, 6) is 0. The molecular formula is C45H25N5. The number of benzene rings is 7. The molecule has 5 nitrogen and oxygen atoms in total. The summed E-state index contributed by atoms with van der Waals surface area (Å²) in [6.45, 7) is 7.62. The van der Waals surface area contributed by atoms with Gasteiger partial charge in [-0.1, -0.05) is 91.0 Å². The lowest BCUT2D eigenvalue weighted by Crippen LogP contribution is -2.00. The summed E-state index contributed by atoms with van der Waals surface area (Å²) >= 11 is 0. The molecule has 0 N–H and O–H groups in total. The van der Waals surface area contributed by atoms with Crippen LogP contribution < -0.4 is 0 Å². The summed E-state index contributed by atoms with van der Waals surface area (Å²) in [7, 11) is 0. The highest BCUT2D eigenvalue weighted by Gasteiger charge is 2.20. The zero-order chi connectivity index (χ0) is 33.8. The maximum atomic E-state index is 10.4. The molecule has 50 heavy (non-hydrogen) atoms. The van der Waals surface area contributed by atoms with Gasteiger partial charge < -0.3 is 9.13 Å². The molecular weight excluding hydrogens is 611 g/mol. The van der Waals surface area contributed by atoms with Gasteiger partial charge in [0.05, 0.1) is 57.2 Å². The predicted molar refractivity (Wildman–Crippen MR) is 202 cm³/mol. The molecule has 9 aromatic rings. The summed E-state index contributed by atoms with van der Waals surface area (Å²) in [4.78, 5) is 3.70. The van der Waals surface area contributed by atoms with Crippen LogP contribution in [0.4, 0.5) is 5.69 Å². The summed E-state index contributed by atoms with van der Waals surface area (Å²) in [6, 6.07) is 55.7. The third kappa shape index (κ3) is 4.31. The minimum absolute atomic E-state index is 0.558. The van der Waals surface area contributed by atoms with E-state index in [2.05, 4.69) is 111 Å². The van der Waals surface area contributed by atoms with Crippen LogP contribution in [-0.4, -0.2) is 9.13 Å². The first-order chi connectivity index (χ1) is 24.7. The largest absolute Gasteiger partial charge is 0.309 e. The zero-order valence-corrected chi connectivity index (χ0v) is 26.7. The molecule has 2 heterocycles. The van der Waals surface area contributed by atoms with E-state index in [0.29, 0.717) is 16.8 Å². The van der Waals surface area contributed by atoms with Gasteiger partial charge in [0.1, 0.15) is 6.07 Å². The van der Waals surface area contributed by atoms with E-state index in [-0.39, 0.29) is 0 Å². The SMILES string of the molecule is [C-]#[N+]c1ccc2c(c1)c1ccccc1n2-c1ccccc1-c1ccccc1-c1ccc(C#N)c(-n2c3ccccc3c3cc(C#N)ccc32)c1. The molecule has 0 fully saturated rings. The van der Waals surface area contributed by atoms with Crippen molar-refractivity contribution in [2.24, 2.45) is 0 Å². The predicted octanol–water partition coefficient (Wildman–Crippen LogP) is 11.5. The molecule has 0 amide bonds. The van der Waals surface area contributed by atoms with E-state index in [1.807, 2.05) is 66.7 Å². The Hall–Kier alpha value is -7.39. The maximum Gasteiger partial charge on any atom is 0.188 e. The Morgan fingerprint density at radius 3 is 1.74 bits per heavy atom. The summed E-state index contributed by atoms with van der Waals surface area (Å²) in [5.41, 5.74) is 11.7. The quantitative estimate of drug-likeness (QED) is 0.181. The maximum absolute atomic E-state index is 10.4. The number of hydrogen-bond acceptors (Lipinski definition) is 2. The molecule has 0 atom stereocenters. The van der Waals surface area contributed by atoms with E-state index in [0.717, 1.165) is 77.2 Å². The van der Waals surface area contributed by atoms with Crippen molar-refractivity contribution in [3.05, 3.63) is 174 Å². The van der Waals surface area contributed by atoms with E-state index >= 15 is 0 Å². The molecule has 9 rings (SSSR count). The van der Waals surface area contributed by atoms with Crippen molar-refractivity contribution in [1.82, 2.24) is 9.13 Å². The molecule has 0 unspecified atom stereocenters. The number of para-hydroxylation sites is 3. The van der Waals surface area contributed by atoms with Gasteiger partial charge in [-0.15, -0.1) is 0 Å². The smallest absolute Gasteiger partial charge is 0.188 e. The second-order valence-electron chi connectivity index (χ2n) is 12.3. The zero-order valence-electron chi connectivity index (χ0n) is 26.7. The standard InChI is InChI=1S/C45H25N5/c1-48-32-21-23-44-39(26-32)37-14-6-8-16-41(37)49(44)40-15-7-4-12-35(40)34-11-3-2-10-33(34)30-19-20-31(28-47)45(25-30)50-42-17-9-5-13-36(42)38-24-29(27-46)18-22-43(38)50/h2-26H. The molecule has 0 saturated carbocycles. The first-order valence-corrected chi connectivity index (χ1v) is 16.3. The number of aromatic nitrogens is 2. The van der Waals surface area contributed by atoms with Gasteiger partial charge >= 0.3 is 0 Å². The summed E-state index contributed by atoms with van der Waals surface area (Å²) < 4.78 is 4.43. The lowest BCUT2D eigenvalue weighted by molar-refractivity contribution is 1.17. The fourth-order valence-electron chi connectivity index (χ4n) is 7.44. The molecule has 0 aliphatic rings. The van der Waals surface area contributed by atoms with Crippen LogP contribution in [0.3, 0.4) is 0 Å². The van der Waals surface area contributed by atoms with Gasteiger partial charge in [-0.2, -0.15) is 10.5 Å². The number of hydrogen-bond donors (Lipinski definition) is 0. The molecule has 0 bridgehead atoms. The van der Waals surface area contributed by atoms with E-state index in [1.165, 1.54) is 0 Å². The van der Waals surface area contributed by atoms with Crippen molar-refractivity contribution in [1.29, 1.82) is 10.5 Å². The molecule has 230 valence electrons. The van der Waals surface area contributed by atoms with Gasteiger partial charge in [-0.25, -0.2) is 4.85 Å². The van der Waals surface area contributed by atoms with Crippen molar-refractivity contribution in [3.63, 3.8) is 0 Å². The Labute approximate surface area is 288 Å². The second kappa shape index (κ2) is 11.4. The van der Waals surface area contributed by atoms with Crippen molar-refractivity contribution in [3.8, 4) is 45.8 Å². The Kier molecular flexibility index (Phi) is 6.56. The van der Waals surface area contributed by atoms with Gasteiger partial charge in [0.15, 0.2) is 5.69 Å². The van der Waals surface area contributed by atoms with Crippen LogP contribution in [0.15, 0.2) is 152 Å². The van der Waals surface area contributed by atoms with Crippen molar-refractivity contribution < 1.29 is 0 Å². The van der Waals surface area contributed by atoms with Gasteiger partial charge in [-0.05, 0) is 82.7 Å². The highest BCUT2D eigenvalue weighted by Crippen LogP contribution is 2.41. The fraction of sp³-hybridized carbons (Fsp3) is 0. The number of fused-ring (bicyclic) bond motifs is 6. The van der Waals surface area contributed by atoms with Crippen LogP contribution in [0.25, 0.3) is 82.1 Å². The van der Waals surface area contributed by atoms with Crippen LogP contribution in [0.2, 0.25) is 0 Å². The van der Waals surface area contributed by atoms with Gasteiger partial charge in [0.2, 0.25) is 0 Å².